The van der Waals surface area contributed by atoms with Crippen molar-refractivity contribution >= 4 is 17.5 Å². The van der Waals surface area contributed by atoms with Gasteiger partial charge in [0.2, 0.25) is 5.91 Å². The summed E-state index contributed by atoms with van der Waals surface area (Å²) in [5, 5.41) is 11.0. The van der Waals surface area contributed by atoms with Crippen molar-refractivity contribution in [1.29, 1.82) is 0 Å². The van der Waals surface area contributed by atoms with E-state index in [2.05, 4.69) is 4.90 Å². The van der Waals surface area contributed by atoms with Gasteiger partial charge in [-0.05, 0) is 55.3 Å². The van der Waals surface area contributed by atoms with Crippen LogP contribution in [-0.2, 0) is 4.79 Å². The van der Waals surface area contributed by atoms with Crippen LogP contribution < -0.4 is 15.2 Å². The van der Waals surface area contributed by atoms with Gasteiger partial charge in [-0.1, -0.05) is 23.7 Å². The van der Waals surface area contributed by atoms with Crippen LogP contribution in [0.3, 0.4) is 0 Å². The van der Waals surface area contributed by atoms with E-state index in [1.54, 1.807) is 19.1 Å². The number of hydrogen-bond donors (Lipinski definition) is 2. The monoisotopic (exact) mass is 418 g/mol. The van der Waals surface area contributed by atoms with Gasteiger partial charge >= 0.3 is 0 Å². The molecule has 6 nitrogen and oxygen atoms in total. The Kier molecular flexibility index (Phi) is 7.36. The number of aliphatic hydroxyl groups excluding tert-OH is 1. The Morgan fingerprint density at radius 1 is 1.21 bits per heavy atom. The van der Waals surface area contributed by atoms with Crippen LogP contribution in [0.2, 0.25) is 5.02 Å². The number of ether oxygens (including phenoxy) is 2. The summed E-state index contributed by atoms with van der Waals surface area (Å²) in [6.45, 7) is 4.12. The van der Waals surface area contributed by atoms with Gasteiger partial charge in [-0.2, -0.15) is 0 Å². The molecule has 2 aromatic carbocycles. The maximum atomic E-state index is 11.2. The molecule has 1 amide bonds. The average molecular weight is 419 g/mol. The summed E-state index contributed by atoms with van der Waals surface area (Å²) in [5.74, 6) is 0.750. The number of primary amides is 1. The molecule has 0 aromatic heterocycles. The molecule has 3 N–H and O–H groups in total. The van der Waals surface area contributed by atoms with E-state index in [1.165, 1.54) is 0 Å². The molecule has 7 heteroatoms. The second kappa shape index (κ2) is 9.96. The highest BCUT2D eigenvalue weighted by Crippen LogP contribution is 2.21. The molecule has 0 spiro atoms. The Morgan fingerprint density at radius 3 is 2.52 bits per heavy atom. The minimum atomic E-state index is -0.603. The number of carbonyl (C=O) groups is 1. The van der Waals surface area contributed by atoms with E-state index >= 15 is 0 Å². The number of aliphatic hydroxyl groups is 1. The lowest BCUT2D eigenvalue weighted by Crippen LogP contribution is -2.35. The predicted molar refractivity (Wildman–Crippen MR) is 112 cm³/mol. The van der Waals surface area contributed by atoms with Crippen LogP contribution in [0.4, 0.5) is 0 Å². The molecule has 1 heterocycles. The van der Waals surface area contributed by atoms with Crippen LogP contribution in [0.15, 0.2) is 48.5 Å². The number of nitrogens with two attached hydrogens (primary N) is 1. The smallest absolute Gasteiger partial charge is 0.224 e. The van der Waals surface area contributed by atoms with E-state index in [1.807, 2.05) is 36.4 Å². The third kappa shape index (κ3) is 6.35. The zero-order chi connectivity index (χ0) is 20.8. The summed E-state index contributed by atoms with van der Waals surface area (Å²) in [6.07, 6.45) is 0.410. The van der Waals surface area contributed by atoms with Crippen molar-refractivity contribution < 1.29 is 19.4 Å². The third-order valence-corrected chi connectivity index (χ3v) is 5.32. The maximum Gasteiger partial charge on any atom is 0.224 e. The Labute approximate surface area is 176 Å². The first-order valence-electron chi connectivity index (χ1n) is 9.75. The number of likely N-dealkylation sites (tertiary alicyclic amines) is 1. The fraction of sp³-hybridized carbons (Fsp3) is 0.409. The van der Waals surface area contributed by atoms with Crippen molar-refractivity contribution in [3.63, 3.8) is 0 Å². The lowest BCUT2D eigenvalue weighted by molar-refractivity contribution is -0.119. The number of rotatable bonds is 9. The molecule has 3 atom stereocenters. The first-order valence-corrected chi connectivity index (χ1v) is 10.1. The van der Waals surface area contributed by atoms with Crippen LogP contribution in [0, 0.1) is 0 Å². The predicted octanol–water partition coefficient (Wildman–Crippen LogP) is 2.82. The summed E-state index contributed by atoms with van der Waals surface area (Å²) in [5.41, 5.74) is 6.16. The lowest BCUT2D eigenvalue weighted by Gasteiger charge is -2.20. The second-order valence-corrected chi connectivity index (χ2v) is 7.84. The molecule has 156 valence electrons. The molecule has 0 bridgehead atoms. The normalized spacial score (nSPS) is 18.9. The van der Waals surface area contributed by atoms with E-state index in [4.69, 9.17) is 26.8 Å². The zero-order valence-electron chi connectivity index (χ0n) is 16.5. The first kappa shape index (κ1) is 21.4. The van der Waals surface area contributed by atoms with Gasteiger partial charge < -0.3 is 20.3 Å². The number of β-amino-alcohol motifs (C(OH)–C–C–N with tert-alkyl or cyclic N) is 1. The van der Waals surface area contributed by atoms with Crippen molar-refractivity contribution in [2.75, 3.05) is 26.2 Å². The summed E-state index contributed by atoms with van der Waals surface area (Å²) in [4.78, 5) is 13.4. The van der Waals surface area contributed by atoms with Gasteiger partial charge in [-0.25, -0.2) is 0 Å². The standard InChI is InChI=1S/C22H27ClN2O4/c1-15(22(24)27)16-2-6-19(7-3-16)28-14-18(26)12-25-11-10-21(13-25)29-20-8-4-17(23)5-9-20/h2-9,15,18,21,26H,10-14H2,1H3,(H2,24,27). The molecule has 3 rings (SSSR count). The van der Waals surface area contributed by atoms with Gasteiger partial charge in [0.05, 0.1) is 5.92 Å². The molecular weight excluding hydrogens is 392 g/mol. The molecule has 1 aliphatic rings. The van der Waals surface area contributed by atoms with E-state index in [-0.39, 0.29) is 24.5 Å². The van der Waals surface area contributed by atoms with Crippen molar-refractivity contribution in [1.82, 2.24) is 4.90 Å². The number of amides is 1. The maximum absolute atomic E-state index is 11.2. The first-order chi connectivity index (χ1) is 13.9. The SMILES string of the molecule is CC(C(N)=O)c1ccc(OCC(O)CN2CCC(Oc3ccc(Cl)cc3)C2)cc1. The molecule has 1 saturated heterocycles. The molecule has 1 aliphatic heterocycles. The highest BCUT2D eigenvalue weighted by Gasteiger charge is 2.25. The van der Waals surface area contributed by atoms with Crippen LogP contribution in [0.5, 0.6) is 11.5 Å². The lowest BCUT2D eigenvalue weighted by atomic mass is 10.0. The largest absolute Gasteiger partial charge is 0.491 e. The van der Waals surface area contributed by atoms with E-state index in [9.17, 15) is 9.90 Å². The van der Waals surface area contributed by atoms with Gasteiger partial charge in [0.1, 0.15) is 30.3 Å². The minimum absolute atomic E-state index is 0.101. The molecule has 2 aromatic rings. The highest BCUT2D eigenvalue weighted by molar-refractivity contribution is 6.30. The Morgan fingerprint density at radius 2 is 1.86 bits per heavy atom. The summed E-state index contributed by atoms with van der Waals surface area (Å²) in [6, 6.07) is 14.6. The number of benzene rings is 2. The fourth-order valence-electron chi connectivity index (χ4n) is 3.32. The Hall–Kier alpha value is -2.28. The summed E-state index contributed by atoms with van der Waals surface area (Å²) < 4.78 is 11.6. The van der Waals surface area contributed by atoms with Crippen LogP contribution >= 0.6 is 11.6 Å². The van der Waals surface area contributed by atoms with E-state index in [0.717, 1.165) is 30.8 Å². The molecule has 29 heavy (non-hydrogen) atoms. The number of hydrogen-bond acceptors (Lipinski definition) is 5. The van der Waals surface area contributed by atoms with E-state index in [0.29, 0.717) is 17.3 Å². The van der Waals surface area contributed by atoms with Crippen LogP contribution in [-0.4, -0.2) is 54.4 Å². The number of carbonyl (C=O) groups excluding carboxylic acids is 1. The minimum Gasteiger partial charge on any atom is -0.491 e. The Balaban J connectivity index is 1.40. The average Bonchev–Trinajstić information content (AvgIpc) is 3.14. The van der Waals surface area contributed by atoms with Crippen molar-refractivity contribution in [3.8, 4) is 11.5 Å². The topological polar surface area (TPSA) is 85.0 Å². The van der Waals surface area contributed by atoms with Gasteiger partial charge in [0.15, 0.2) is 0 Å². The van der Waals surface area contributed by atoms with Crippen molar-refractivity contribution in [2.45, 2.75) is 31.5 Å². The van der Waals surface area contributed by atoms with Crippen LogP contribution in [0.1, 0.15) is 24.8 Å². The molecule has 1 fully saturated rings. The molecule has 0 radical (unpaired) electrons. The molecular formula is C22H27ClN2O4. The quantitative estimate of drug-likeness (QED) is 0.654. The van der Waals surface area contributed by atoms with Crippen LogP contribution in [0.25, 0.3) is 0 Å². The van der Waals surface area contributed by atoms with Gasteiger partial charge in [-0.3, -0.25) is 9.69 Å². The van der Waals surface area contributed by atoms with Crippen molar-refractivity contribution in [3.05, 3.63) is 59.1 Å². The fourth-order valence-corrected chi connectivity index (χ4v) is 3.45. The van der Waals surface area contributed by atoms with Crippen molar-refractivity contribution in [2.24, 2.45) is 5.73 Å². The van der Waals surface area contributed by atoms with E-state index < -0.39 is 6.10 Å². The number of halogens is 1. The van der Waals surface area contributed by atoms with Gasteiger partial charge in [0, 0.05) is 24.7 Å². The Bertz CT molecular complexity index is 797. The molecule has 0 saturated carbocycles. The zero-order valence-corrected chi connectivity index (χ0v) is 17.2. The summed E-state index contributed by atoms with van der Waals surface area (Å²) >= 11 is 5.89. The molecule has 3 unspecified atom stereocenters. The highest BCUT2D eigenvalue weighted by atomic mass is 35.5. The summed E-state index contributed by atoms with van der Waals surface area (Å²) in [7, 11) is 0. The second-order valence-electron chi connectivity index (χ2n) is 7.40. The third-order valence-electron chi connectivity index (χ3n) is 5.06. The van der Waals surface area contributed by atoms with Gasteiger partial charge in [-0.15, -0.1) is 0 Å². The molecule has 0 aliphatic carbocycles. The van der Waals surface area contributed by atoms with Gasteiger partial charge in [0.25, 0.3) is 0 Å². The number of nitrogens with zero attached hydrogens (tertiary/aromatic N) is 1.